The van der Waals surface area contributed by atoms with Crippen LogP contribution in [0.25, 0.3) is 0 Å². The Morgan fingerprint density at radius 2 is 2.32 bits per heavy atom. The molecule has 1 aromatic rings. The van der Waals surface area contributed by atoms with Gasteiger partial charge in [0, 0.05) is 35.9 Å². The van der Waals surface area contributed by atoms with E-state index in [4.69, 9.17) is 5.73 Å². The van der Waals surface area contributed by atoms with Crippen molar-refractivity contribution in [2.75, 3.05) is 11.9 Å². The molecular weight excluding hydrogens is 240 g/mol. The van der Waals surface area contributed by atoms with Gasteiger partial charge in [0.05, 0.1) is 0 Å². The van der Waals surface area contributed by atoms with Gasteiger partial charge in [0.1, 0.15) is 5.69 Å². The first-order valence-corrected chi connectivity index (χ1v) is 6.71. The fraction of sp³-hybridized carbons (Fsp3) is 0.571. The Morgan fingerprint density at radius 3 is 2.89 bits per heavy atom. The average molecular weight is 262 g/mol. The molecule has 2 unspecified atom stereocenters. The van der Waals surface area contributed by atoms with Crippen LogP contribution in [0, 0.1) is 5.41 Å². The molecule has 1 saturated carbocycles. The van der Waals surface area contributed by atoms with Crippen molar-refractivity contribution < 1.29 is 4.79 Å². The number of anilines is 1. The summed E-state index contributed by atoms with van der Waals surface area (Å²) in [6, 6.07) is 4.23. The molecule has 2 rings (SSSR count). The van der Waals surface area contributed by atoms with Crippen molar-refractivity contribution in [3.05, 3.63) is 24.0 Å². The van der Waals surface area contributed by atoms with Crippen LogP contribution in [0.15, 0.2) is 18.3 Å². The fourth-order valence-electron chi connectivity index (χ4n) is 2.30. The van der Waals surface area contributed by atoms with Gasteiger partial charge in [0.2, 0.25) is 0 Å². The molecule has 5 nitrogen and oxygen atoms in total. The number of hydrogen-bond acceptors (Lipinski definition) is 4. The lowest BCUT2D eigenvalue weighted by atomic mass is 9.63. The number of carbonyl (C=O) groups excluding carboxylic acids is 1. The number of carbonyl (C=O) groups is 1. The highest BCUT2D eigenvalue weighted by Crippen LogP contribution is 2.40. The molecule has 0 saturated heterocycles. The molecule has 0 radical (unpaired) electrons. The van der Waals surface area contributed by atoms with E-state index >= 15 is 0 Å². The largest absolute Gasteiger partial charge is 0.382 e. The van der Waals surface area contributed by atoms with Crippen molar-refractivity contribution in [1.29, 1.82) is 0 Å². The molecule has 0 aliphatic heterocycles. The molecule has 1 aliphatic rings. The van der Waals surface area contributed by atoms with Crippen molar-refractivity contribution in [3.8, 4) is 0 Å². The van der Waals surface area contributed by atoms with Gasteiger partial charge in [0.15, 0.2) is 0 Å². The van der Waals surface area contributed by atoms with Gasteiger partial charge in [-0.2, -0.15) is 0 Å². The van der Waals surface area contributed by atoms with E-state index in [2.05, 4.69) is 29.5 Å². The van der Waals surface area contributed by atoms with Crippen LogP contribution in [-0.2, 0) is 0 Å². The maximum Gasteiger partial charge on any atom is 0.269 e. The van der Waals surface area contributed by atoms with Gasteiger partial charge in [-0.05, 0) is 25.5 Å². The third kappa shape index (κ3) is 2.71. The van der Waals surface area contributed by atoms with Crippen molar-refractivity contribution in [2.24, 2.45) is 11.1 Å². The first-order chi connectivity index (χ1) is 8.95. The zero-order chi connectivity index (χ0) is 14.0. The highest BCUT2D eigenvalue weighted by atomic mass is 16.1. The lowest BCUT2D eigenvalue weighted by molar-refractivity contribution is 0.0951. The fourth-order valence-corrected chi connectivity index (χ4v) is 2.30. The third-order valence-corrected chi connectivity index (χ3v) is 4.01. The van der Waals surface area contributed by atoms with E-state index < -0.39 is 0 Å². The summed E-state index contributed by atoms with van der Waals surface area (Å²) in [6.45, 7) is 6.80. The summed E-state index contributed by atoms with van der Waals surface area (Å²) in [4.78, 5) is 15.8. The highest BCUT2D eigenvalue weighted by molar-refractivity contribution is 5.93. The van der Waals surface area contributed by atoms with Crippen LogP contribution in [0.5, 0.6) is 0 Å². The number of rotatable bonds is 4. The maximum atomic E-state index is 11.7. The molecule has 4 N–H and O–H groups in total. The van der Waals surface area contributed by atoms with E-state index in [-0.39, 0.29) is 17.4 Å². The van der Waals surface area contributed by atoms with Crippen LogP contribution in [0.4, 0.5) is 5.69 Å². The Morgan fingerprint density at radius 1 is 1.58 bits per heavy atom. The van der Waals surface area contributed by atoms with Crippen LogP contribution >= 0.6 is 0 Å². The molecule has 1 heterocycles. The van der Waals surface area contributed by atoms with Gasteiger partial charge in [0.25, 0.3) is 5.91 Å². The normalized spacial score (nSPS) is 24.4. The first kappa shape index (κ1) is 13.8. The van der Waals surface area contributed by atoms with Gasteiger partial charge < -0.3 is 16.4 Å². The summed E-state index contributed by atoms with van der Waals surface area (Å²) >= 11 is 0. The minimum atomic E-state index is -0.143. The summed E-state index contributed by atoms with van der Waals surface area (Å²) in [7, 11) is 0. The van der Waals surface area contributed by atoms with Crippen molar-refractivity contribution in [1.82, 2.24) is 10.3 Å². The van der Waals surface area contributed by atoms with Crippen LogP contribution in [0.1, 0.15) is 37.7 Å². The topological polar surface area (TPSA) is 80.0 Å². The van der Waals surface area contributed by atoms with E-state index in [1.54, 1.807) is 12.3 Å². The van der Waals surface area contributed by atoms with Crippen molar-refractivity contribution in [3.63, 3.8) is 0 Å². The molecule has 0 bridgehead atoms. The summed E-state index contributed by atoms with van der Waals surface area (Å²) in [6.07, 6.45) is 2.60. The Labute approximate surface area is 114 Å². The number of hydrogen-bond donors (Lipinski definition) is 3. The summed E-state index contributed by atoms with van der Waals surface area (Å²) in [5.41, 5.74) is 7.44. The Hall–Kier alpha value is -1.62. The SMILES string of the molecule is CCNC(=O)c1cc(NC2CC(N)C2(C)C)ccn1. The van der Waals surface area contributed by atoms with Crippen LogP contribution in [-0.4, -0.2) is 29.5 Å². The smallest absolute Gasteiger partial charge is 0.269 e. The van der Waals surface area contributed by atoms with E-state index in [9.17, 15) is 4.79 Å². The zero-order valence-electron chi connectivity index (χ0n) is 11.7. The van der Waals surface area contributed by atoms with Crippen LogP contribution in [0.2, 0.25) is 0 Å². The molecule has 1 aliphatic carbocycles. The van der Waals surface area contributed by atoms with Crippen LogP contribution in [0.3, 0.4) is 0 Å². The number of amides is 1. The second-order valence-electron chi connectivity index (χ2n) is 5.65. The number of aromatic nitrogens is 1. The third-order valence-electron chi connectivity index (χ3n) is 4.01. The predicted octanol–water partition coefficient (Wildman–Crippen LogP) is 1.37. The summed E-state index contributed by atoms with van der Waals surface area (Å²) in [5, 5.41) is 6.18. The van der Waals surface area contributed by atoms with Crippen molar-refractivity contribution in [2.45, 2.75) is 39.3 Å². The molecule has 5 heteroatoms. The zero-order valence-corrected chi connectivity index (χ0v) is 11.7. The predicted molar refractivity (Wildman–Crippen MR) is 76.0 cm³/mol. The number of nitrogens with zero attached hydrogens (tertiary/aromatic N) is 1. The van der Waals surface area contributed by atoms with Gasteiger partial charge in [-0.1, -0.05) is 13.8 Å². The van der Waals surface area contributed by atoms with Gasteiger partial charge in [-0.15, -0.1) is 0 Å². The number of pyridine rings is 1. The molecule has 1 fully saturated rings. The standard InChI is InChI=1S/C14H22N4O/c1-4-16-13(19)10-7-9(5-6-17-10)18-12-8-11(15)14(12,2)3/h5-7,11-12H,4,8,15H2,1-3H3,(H,16,19)(H,17,18). The van der Waals surface area contributed by atoms with E-state index in [0.29, 0.717) is 18.3 Å². The molecule has 1 aromatic heterocycles. The second kappa shape index (κ2) is 5.17. The molecule has 19 heavy (non-hydrogen) atoms. The maximum absolute atomic E-state index is 11.7. The summed E-state index contributed by atoms with van der Waals surface area (Å²) in [5.74, 6) is -0.143. The quantitative estimate of drug-likeness (QED) is 0.765. The van der Waals surface area contributed by atoms with Crippen molar-refractivity contribution >= 4 is 11.6 Å². The highest BCUT2D eigenvalue weighted by Gasteiger charge is 2.45. The minimum Gasteiger partial charge on any atom is -0.382 e. The molecular formula is C14H22N4O. The lowest BCUT2D eigenvalue weighted by Gasteiger charge is -2.51. The lowest BCUT2D eigenvalue weighted by Crippen LogP contribution is -2.61. The molecule has 0 aromatic carbocycles. The number of nitrogens with one attached hydrogen (secondary N) is 2. The second-order valence-corrected chi connectivity index (χ2v) is 5.65. The van der Waals surface area contributed by atoms with E-state index in [1.807, 2.05) is 13.0 Å². The molecule has 104 valence electrons. The molecule has 1 amide bonds. The van der Waals surface area contributed by atoms with Gasteiger partial charge in [-0.25, -0.2) is 0 Å². The molecule has 2 atom stereocenters. The minimum absolute atomic E-state index is 0.0785. The Balaban J connectivity index is 2.06. The summed E-state index contributed by atoms with van der Waals surface area (Å²) < 4.78 is 0. The van der Waals surface area contributed by atoms with Crippen LogP contribution < -0.4 is 16.4 Å². The van der Waals surface area contributed by atoms with E-state index in [1.165, 1.54) is 0 Å². The van der Waals surface area contributed by atoms with Gasteiger partial charge in [-0.3, -0.25) is 9.78 Å². The molecule has 0 spiro atoms. The van der Waals surface area contributed by atoms with Gasteiger partial charge >= 0.3 is 0 Å². The number of nitrogens with two attached hydrogens (primary N) is 1. The Kier molecular flexibility index (Phi) is 3.75. The Bertz CT molecular complexity index is 472. The first-order valence-electron chi connectivity index (χ1n) is 6.71. The average Bonchev–Trinajstić information content (AvgIpc) is 2.39. The monoisotopic (exact) mass is 262 g/mol. The van der Waals surface area contributed by atoms with E-state index in [0.717, 1.165) is 12.1 Å².